The highest BCUT2D eigenvalue weighted by atomic mass is 32.2. The van der Waals surface area contributed by atoms with Crippen molar-refractivity contribution in [3.8, 4) is 0 Å². The molecule has 1 aromatic heterocycles. The second-order valence-electron chi connectivity index (χ2n) is 3.79. The van der Waals surface area contributed by atoms with Crippen molar-refractivity contribution in [3.05, 3.63) is 24.3 Å². The molecule has 0 bridgehead atoms. The number of hydrogen-bond acceptors (Lipinski definition) is 3. The molecule has 78 valence electrons. The van der Waals surface area contributed by atoms with Gasteiger partial charge in [-0.3, -0.25) is 0 Å². The van der Waals surface area contributed by atoms with E-state index in [9.17, 15) is 0 Å². The zero-order valence-electron chi connectivity index (χ0n) is 8.36. The number of benzene rings is 1. The van der Waals surface area contributed by atoms with Crippen molar-refractivity contribution < 1.29 is 0 Å². The summed E-state index contributed by atoms with van der Waals surface area (Å²) in [7, 11) is 0. The van der Waals surface area contributed by atoms with Gasteiger partial charge in [-0.15, -0.1) is 0 Å². The summed E-state index contributed by atoms with van der Waals surface area (Å²) >= 11 is 1.85. The summed E-state index contributed by atoms with van der Waals surface area (Å²) in [5.74, 6) is 0. The maximum atomic E-state index is 4.56. The molecule has 3 rings (SSSR count). The Morgan fingerprint density at radius 3 is 3.07 bits per heavy atom. The monoisotopic (exact) mass is 219 g/mol. The number of H-pyrrole nitrogens is 1. The number of aromatic nitrogens is 2. The van der Waals surface area contributed by atoms with Crippen molar-refractivity contribution in [2.75, 3.05) is 13.1 Å². The zero-order valence-corrected chi connectivity index (χ0v) is 9.18. The van der Waals surface area contributed by atoms with Crippen LogP contribution in [0.2, 0.25) is 0 Å². The van der Waals surface area contributed by atoms with E-state index in [1.165, 1.54) is 6.42 Å². The Morgan fingerprint density at radius 2 is 2.27 bits per heavy atom. The van der Waals surface area contributed by atoms with E-state index in [1.807, 2.05) is 30.0 Å². The van der Waals surface area contributed by atoms with Crippen molar-refractivity contribution in [2.24, 2.45) is 0 Å². The predicted molar refractivity (Wildman–Crippen MR) is 63.2 cm³/mol. The minimum absolute atomic E-state index is 0.672. The van der Waals surface area contributed by atoms with Gasteiger partial charge < -0.3 is 10.3 Å². The van der Waals surface area contributed by atoms with Gasteiger partial charge in [-0.2, -0.15) is 0 Å². The van der Waals surface area contributed by atoms with Crippen molar-refractivity contribution in [2.45, 2.75) is 16.8 Å². The molecule has 2 heterocycles. The van der Waals surface area contributed by atoms with Crippen LogP contribution in [0.4, 0.5) is 0 Å². The maximum Gasteiger partial charge on any atom is 0.166 e. The van der Waals surface area contributed by atoms with E-state index in [0.717, 1.165) is 29.3 Å². The third-order valence-corrected chi connectivity index (χ3v) is 3.81. The highest BCUT2D eigenvalue weighted by Crippen LogP contribution is 2.26. The highest BCUT2D eigenvalue weighted by molar-refractivity contribution is 7.99. The van der Waals surface area contributed by atoms with Gasteiger partial charge in [0.2, 0.25) is 0 Å². The van der Waals surface area contributed by atoms with Crippen LogP contribution >= 0.6 is 11.8 Å². The number of imidazole rings is 1. The van der Waals surface area contributed by atoms with Gasteiger partial charge in [0.05, 0.1) is 11.0 Å². The minimum atomic E-state index is 0.672. The third-order valence-electron chi connectivity index (χ3n) is 2.66. The maximum absolute atomic E-state index is 4.56. The predicted octanol–water partition coefficient (Wildman–Crippen LogP) is 2.02. The van der Waals surface area contributed by atoms with Gasteiger partial charge in [0, 0.05) is 11.8 Å². The molecule has 1 atom stereocenters. The summed E-state index contributed by atoms with van der Waals surface area (Å²) < 4.78 is 0. The summed E-state index contributed by atoms with van der Waals surface area (Å²) in [5, 5.41) is 5.08. The second kappa shape index (κ2) is 3.87. The third kappa shape index (κ3) is 1.87. The molecule has 1 saturated heterocycles. The number of aromatic amines is 1. The van der Waals surface area contributed by atoms with E-state index < -0.39 is 0 Å². The summed E-state index contributed by atoms with van der Waals surface area (Å²) in [6, 6.07) is 8.17. The number of para-hydroxylation sites is 2. The van der Waals surface area contributed by atoms with Crippen LogP contribution in [-0.4, -0.2) is 28.3 Å². The normalized spacial score (nSPS) is 21.2. The molecule has 0 aliphatic carbocycles. The van der Waals surface area contributed by atoms with Gasteiger partial charge in [-0.25, -0.2) is 4.98 Å². The average Bonchev–Trinajstić information content (AvgIpc) is 2.86. The molecule has 1 aliphatic rings. The second-order valence-corrected chi connectivity index (χ2v) is 5.08. The van der Waals surface area contributed by atoms with Crippen LogP contribution in [0.1, 0.15) is 6.42 Å². The lowest BCUT2D eigenvalue weighted by Crippen LogP contribution is -2.10. The Morgan fingerprint density at radius 1 is 1.33 bits per heavy atom. The van der Waals surface area contributed by atoms with Gasteiger partial charge in [0.15, 0.2) is 5.16 Å². The molecule has 0 saturated carbocycles. The molecule has 1 aromatic carbocycles. The van der Waals surface area contributed by atoms with Gasteiger partial charge in [0.1, 0.15) is 0 Å². The summed E-state index contributed by atoms with van der Waals surface area (Å²) in [6.07, 6.45) is 1.24. The Balaban J connectivity index is 1.84. The quantitative estimate of drug-likeness (QED) is 0.812. The molecule has 1 unspecified atom stereocenters. The van der Waals surface area contributed by atoms with Crippen LogP contribution in [0, 0.1) is 0 Å². The molecule has 1 fully saturated rings. The Labute approximate surface area is 92.7 Å². The van der Waals surface area contributed by atoms with Crippen LogP contribution in [0.3, 0.4) is 0 Å². The number of rotatable bonds is 2. The molecule has 3 nitrogen and oxygen atoms in total. The molecule has 0 spiro atoms. The first-order chi connectivity index (χ1) is 7.42. The van der Waals surface area contributed by atoms with Crippen molar-refractivity contribution in [3.63, 3.8) is 0 Å². The fourth-order valence-electron chi connectivity index (χ4n) is 1.87. The number of nitrogens with zero attached hydrogens (tertiary/aromatic N) is 1. The molecule has 2 N–H and O–H groups in total. The van der Waals surface area contributed by atoms with Crippen LogP contribution in [0.5, 0.6) is 0 Å². The molecule has 4 heteroatoms. The van der Waals surface area contributed by atoms with Crippen LogP contribution in [0.25, 0.3) is 11.0 Å². The lowest BCUT2D eigenvalue weighted by atomic mass is 10.3. The first-order valence-electron chi connectivity index (χ1n) is 5.24. The largest absolute Gasteiger partial charge is 0.333 e. The standard InChI is InChI=1S/C11H13N3S/c1-2-4-10-9(3-1)13-11(14-10)15-8-5-6-12-7-8/h1-4,8,12H,5-7H2,(H,13,14). The SMILES string of the molecule is c1ccc2[nH]c(SC3CCNC3)nc2c1. The first kappa shape index (κ1) is 9.24. The molecular weight excluding hydrogens is 206 g/mol. The van der Waals surface area contributed by atoms with E-state index in [4.69, 9.17) is 0 Å². The zero-order chi connectivity index (χ0) is 10.1. The number of hydrogen-bond donors (Lipinski definition) is 2. The molecule has 15 heavy (non-hydrogen) atoms. The van der Waals surface area contributed by atoms with E-state index in [-0.39, 0.29) is 0 Å². The van der Waals surface area contributed by atoms with Crippen LogP contribution < -0.4 is 5.32 Å². The fourth-order valence-corrected chi connectivity index (χ4v) is 2.94. The van der Waals surface area contributed by atoms with Crippen LogP contribution in [0.15, 0.2) is 29.4 Å². The summed E-state index contributed by atoms with van der Waals surface area (Å²) in [6.45, 7) is 2.24. The minimum Gasteiger partial charge on any atom is -0.333 e. The van der Waals surface area contributed by atoms with Gasteiger partial charge in [0.25, 0.3) is 0 Å². The Hall–Kier alpha value is -1.00. The van der Waals surface area contributed by atoms with Crippen molar-refractivity contribution >= 4 is 22.8 Å². The molecular formula is C11H13N3S. The summed E-state index contributed by atoms with van der Waals surface area (Å²) in [4.78, 5) is 7.90. The lowest BCUT2D eigenvalue weighted by molar-refractivity contribution is 0.858. The average molecular weight is 219 g/mol. The lowest BCUT2D eigenvalue weighted by Gasteiger charge is -2.03. The van der Waals surface area contributed by atoms with E-state index in [0.29, 0.717) is 5.25 Å². The first-order valence-corrected chi connectivity index (χ1v) is 6.12. The molecule has 0 amide bonds. The number of nitrogens with one attached hydrogen (secondary N) is 2. The molecule has 1 aliphatic heterocycles. The van der Waals surface area contributed by atoms with E-state index in [1.54, 1.807) is 0 Å². The van der Waals surface area contributed by atoms with Crippen molar-refractivity contribution in [1.29, 1.82) is 0 Å². The topological polar surface area (TPSA) is 40.7 Å². The summed E-state index contributed by atoms with van der Waals surface area (Å²) in [5.41, 5.74) is 2.19. The number of thioether (sulfide) groups is 1. The smallest absolute Gasteiger partial charge is 0.166 e. The Bertz CT molecular complexity index is 427. The van der Waals surface area contributed by atoms with Gasteiger partial charge in [-0.1, -0.05) is 23.9 Å². The van der Waals surface area contributed by atoms with E-state index >= 15 is 0 Å². The van der Waals surface area contributed by atoms with Crippen molar-refractivity contribution in [1.82, 2.24) is 15.3 Å². The molecule has 0 radical (unpaired) electrons. The fraction of sp³-hybridized carbons (Fsp3) is 0.364. The number of fused-ring (bicyclic) bond motifs is 1. The van der Waals surface area contributed by atoms with Crippen LogP contribution in [-0.2, 0) is 0 Å². The van der Waals surface area contributed by atoms with Gasteiger partial charge >= 0.3 is 0 Å². The molecule has 2 aromatic rings. The highest BCUT2D eigenvalue weighted by Gasteiger charge is 2.17. The van der Waals surface area contributed by atoms with E-state index in [2.05, 4.69) is 21.4 Å². The Kier molecular flexibility index (Phi) is 2.38. The van der Waals surface area contributed by atoms with Gasteiger partial charge in [-0.05, 0) is 25.1 Å².